The number of hydrogen-bond donors (Lipinski definition) is 0. The van der Waals surface area contributed by atoms with Crippen molar-refractivity contribution >= 4 is 0 Å². The molecule has 94 valence electrons. The van der Waals surface area contributed by atoms with Crippen LogP contribution in [0.5, 0.6) is 5.75 Å². The van der Waals surface area contributed by atoms with Crippen LogP contribution in [0.25, 0.3) is 5.69 Å². The summed E-state index contributed by atoms with van der Waals surface area (Å²) in [4.78, 5) is 4.21. The van der Waals surface area contributed by atoms with Gasteiger partial charge in [0.25, 0.3) is 0 Å². The van der Waals surface area contributed by atoms with E-state index in [2.05, 4.69) is 10.1 Å². The Kier molecular flexibility index (Phi) is 3.23. The van der Waals surface area contributed by atoms with Gasteiger partial charge in [0, 0.05) is 18.6 Å². The molecule has 2 heterocycles. The van der Waals surface area contributed by atoms with E-state index in [9.17, 15) is 0 Å². The molecule has 0 N–H and O–H groups in total. The molecule has 0 fully saturated rings. The summed E-state index contributed by atoms with van der Waals surface area (Å²) in [5.41, 5.74) is 1.92. The fourth-order valence-corrected chi connectivity index (χ4v) is 1.76. The molecule has 0 unspecified atom stereocenters. The maximum Gasteiger partial charge on any atom is 0.130 e. The Balaban J connectivity index is 1.67. The number of nitrogens with zero attached hydrogens (tertiary/aromatic N) is 3. The Hall–Kier alpha value is -2.62. The fraction of sp³-hybridized carbons (Fsp3) is 0.0667. The van der Waals surface area contributed by atoms with Crippen molar-refractivity contribution < 1.29 is 4.74 Å². The molecule has 19 heavy (non-hydrogen) atoms. The summed E-state index contributed by atoms with van der Waals surface area (Å²) in [6.45, 7) is 0.474. The van der Waals surface area contributed by atoms with E-state index < -0.39 is 0 Å². The molecule has 3 aromatic rings. The molecule has 4 heteroatoms. The van der Waals surface area contributed by atoms with Crippen LogP contribution in [0, 0.1) is 0 Å². The highest BCUT2D eigenvalue weighted by Gasteiger charge is 1.99. The van der Waals surface area contributed by atoms with E-state index in [1.165, 1.54) is 0 Å². The molecule has 0 aliphatic rings. The van der Waals surface area contributed by atoms with Crippen molar-refractivity contribution in [3.63, 3.8) is 0 Å². The summed E-state index contributed by atoms with van der Waals surface area (Å²) in [7, 11) is 0. The number of hydrogen-bond acceptors (Lipinski definition) is 3. The van der Waals surface area contributed by atoms with Gasteiger partial charge in [-0.3, -0.25) is 4.98 Å². The predicted octanol–water partition coefficient (Wildman–Crippen LogP) is 2.85. The summed E-state index contributed by atoms with van der Waals surface area (Å²) in [6.07, 6.45) is 5.43. The second kappa shape index (κ2) is 5.35. The largest absolute Gasteiger partial charge is 0.487 e. The quantitative estimate of drug-likeness (QED) is 0.715. The summed E-state index contributed by atoms with van der Waals surface area (Å²) >= 11 is 0. The van der Waals surface area contributed by atoms with Crippen LogP contribution in [0.4, 0.5) is 0 Å². The van der Waals surface area contributed by atoms with Crippen molar-refractivity contribution in [3.05, 3.63) is 72.8 Å². The molecule has 1 aromatic carbocycles. The Bertz CT molecular complexity index is 618. The lowest BCUT2D eigenvalue weighted by Gasteiger charge is -2.07. The van der Waals surface area contributed by atoms with Gasteiger partial charge in [-0.25, -0.2) is 4.68 Å². The zero-order valence-electron chi connectivity index (χ0n) is 10.3. The lowest BCUT2D eigenvalue weighted by atomic mass is 10.3. The molecule has 0 saturated carbocycles. The molecular formula is C15H13N3O. The maximum absolute atomic E-state index is 5.67. The average molecular weight is 251 g/mol. The third kappa shape index (κ3) is 2.80. The van der Waals surface area contributed by atoms with E-state index in [0.29, 0.717) is 6.61 Å². The van der Waals surface area contributed by atoms with E-state index in [1.54, 1.807) is 12.4 Å². The van der Waals surface area contributed by atoms with E-state index >= 15 is 0 Å². The highest BCUT2D eigenvalue weighted by molar-refractivity contribution is 5.36. The van der Waals surface area contributed by atoms with Crippen LogP contribution in [0.1, 0.15) is 5.69 Å². The van der Waals surface area contributed by atoms with Crippen molar-refractivity contribution in [1.82, 2.24) is 14.8 Å². The van der Waals surface area contributed by atoms with Crippen molar-refractivity contribution in [2.75, 3.05) is 0 Å². The predicted molar refractivity (Wildman–Crippen MR) is 72.1 cm³/mol. The van der Waals surface area contributed by atoms with Crippen LogP contribution in [-0.4, -0.2) is 14.8 Å². The summed E-state index contributed by atoms with van der Waals surface area (Å²) < 4.78 is 7.48. The first-order valence-electron chi connectivity index (χ1n) is 6.04. The monoisotopic (exact) mass is 251 g/mol. The lowest BCUT2D eigenvalue weighted by molar-refractivity contribution is 0.301. The van der Waals surface area contributed by atoms with Crippen LogP contribution < -0.4 is 4.74 Å². The van der Waals surface area contributed by atoms with Crippen LogP contribution >= 0.6 is 0 Å². The third-order valence-corrected chi connectivity index (χ3v) is 2.72. The number of aromatic nitrogens is 3. The molecule has 0 atom stereocenters. The highest BCUT2D eigenvalue weighted by Crippen LogP contribution is 2.15. The van der Waals surface area contributed by atoms with Gasteiger partial charge in [0.1, 0.15) is 12.4 Å². The first-order valence-corrected chi connectivity index (χ1v) is 6.04. The van der Waals surface area contributed by atoms with Gasteiger partial charge in [-0.2, -0.15) is 5.10 Å². The molecule has 2 aromatic heterocycles. The number of benzene rings is 1. The normalized spacial score (nSPS) is 10.3. The lowest BCUT2D eigenvalue weighted by Crippen LogP contribution is -1.98. The van der Waals surface area contributed by atoms with Gasteiger partial charge >= 0.3 is 0 Å². The maximum atomic E-state index is 5.67. The van der Waals surface area contributed by atoms with Gasteiger partial charge in [-0.1, -0.05) is 6.07 Å². The van der Waals surface area contributed by atoms with Crippen LogP contribution in [0.2, 0.25) is 0 Å². The van der Waals surface area contributed by atoms with Gasteiger partial charge in [-0.15, -0.1) is 0 Å². The minimum absolute atomic E-state index is 0.474. The molecule has 4 nitrogen and oxygen atoms in total. The molecule has 3 rings (SSSR count). The number of rotatable bonds is 4. The average Bonchev–Trinajstić information content (AvgIpc) is 3.01. The second-order valence-electron chi connectivity index (χ2n) is 4.05. The first-order chi connectivity index (χ1) is 9.42. The smallest absolute Gasteiger partial charge is 0.130 e. The van der Waals surface area contributed by atoms with Crippen molar-refractivity contribution in [1.29, 1.82) is 0 Å². The topological polar surface area (TPSA) is 39.9 Å². The first kappa shape index (κ1) is 11.5. The van der Waals surface area contributed by atoms with Crippen LogP contribution in [-0.2, 0) is 6.61 Å². The molecule has 0 amide bonds. The summed E-state index contributed by atoms with van der Waals surface area (Å²) in [6, 6.07) is 15.5. The molecule has 0 saturated heterocycles. The summed E-state index contributed by atoms with van der Waals surface area (Å²) in [5, 5.41) is 4.18. The van der Waals surface area contributed by atoms with Crippen molar-refractivity contribution in [2.45, 2.75) is 6.61 Å². The molecule has 0 aliphatic carbocycles. The van der Waals surface area contributed by atoms with Crippen molar-refractivity contribution in [3.8, 4) is 11.4 Å². The number of pyridine rings is 1. The van der Waals surface area contributed by atoms with E-state index in [-0.39, 0.29) is 0 Å². The Labute approximate surface area is 111 Å². The SMILES string of the molecule is c1ccc(COc2ccc(-n3cccn3)cc2)nc1. The Morgan fingerprint density at radius 3 is 2.53 bits per heavy atom. The minimum Gasteiger partial charge on any atom is -0.487 e. The molecular weight excluding hydrogens is 238 g/mol. The van der Waals surface area contributed by atoms with Gasteiger partial charge in [0.2, 0.25) is 0 Å². The zero-order valence-corrected chi connectivity index (χ0v) is 10.3. The van der Waals surface area contributed by atoms with Crippen molar-refractivity contribution in [2.24, 2.45) is 0 Å². The van der Waals surface area contributed by atoms with Gasteiger partial charge in [-0.05, 0) is 42.5 Å². The van der Waals surface area contributed by atoms with E-state index in [1.807, 2.05) is 59.4 Å². The molecule has 0 spiro atoms. The van der Waals surface area contributed by atoms with Gasteiger partial charge in [0.15, 0.2) is 0 Å². The highest BCUT2D eigenvalue weighted by atomic mass is 16.5. The minimum atomic E-state index is 0.474. The number of ether oxygens (including phenoxy) is 1. The Morgan fingerprint density at radius 1 is 0.947 bits per heavy atom. The van der Waals surface area contributed by atoms with Crippen LogP contribution in [0.15, 0.2) is 67.1 Å². The Morgan fingerprint density at radius 2 is 1.84 bits per heavy atom. The molecule has 0 bridgehead atoms. The fourth-order valence-electron chi connectivity index (χ4n) is 1.76. The molecule has 0 radical (unpaired) electrons. The third-order valence-electron chi connectivity index (χ3n) is 2.72. The summed E-state index contributed by atoms with van der Waals surface area (Å²) in [5.74, 6) is 0.821. The zero-order chi connectivity index (χ0) is 12.9. The van der Waals surface area contributed by atoms with E-state index in [4.69, 9.17) is 4.74 Å². The second-order valence-corrected chi connectivity index (χ2v) is 4.05. The van der Waals surface area contributed by atoms with Crippen LogP contribution in [0.3, 0.4) is 0 Å². The van der Waals surface area contributed by atoms with E-state index in [0.717, 1.165) is 17.1 Å². The van der Waals surface area contributed by atoms with Gasteiger partial charge in [0.05, 0.1) is 11.4 Å². The standard InChI is InChI=1S/C15H13N3O/c1-2-9-16-13(4-1)12-19-15-7-5-14(6-8-15)18-11-3-10-17-18/h1-11H,12H2. The molecule has 0 aliphatic heterocycles. The van der Waals surface area contributed by atoms with Gasteiger partial charge < -0.3 is 4.74 Å².